The molecular formula is C20H23NO5. The van der Waals surface area contributed by atoms with Gasteiger partial charge in [0.15, 0.2) is 6.61 Å². The minimum absolute atomic E-state index is 0.0640. The van der Waals surface area contributed by atoms with Crippen molar-refractivity contribution in [3.63, 3.8) is 0 Å². The number of carbonyl (C=O) groups is 2. The second kappa shape index (κ2) is 8.89. The van der Waals surface area contributed by atoms with Gasteiger partial charge in [-0.2, -0.15) is 0 Å². The SMILES string of the molecule is CC(C)Oc1cccc(CC(=O)N(C)c2ccc(OCC(=O)O)cc2)c1. The van der Waals surface area contributed by atoms with E-state index in [-0.39, 0.29) is 18.4 Å². The average molecular weight is 357 g/mol. The van der Waals surface area contributed by atoms with Crippen molar-refractivity contribution in [2.24, 2.45) is 0 Å². The average Bonchev–Trinajstić information content (AvgIpc) is 2.59. The molecule has 1 N–H and O–H groups in total. The number of carbonyl (C=O) groups excluding carboxylic acids is 1. The van der Waals surface area contributed by atoms with Crippen molar-refractivity contribution in [3.8, 4) is 11.5 Å². The van der Waals surface area contributed by atoms with E-state index >= 15 is 0 Å². The second-order valence-electron chi connectivity index (χ2n) is 6.12. The summed E-state index contributed by atoms with van der Waals surface area (Å²) in [4.78, 5) is 24.6. The lowest BCUT2D eigenvalue weighted by atomic mass is 10.1. The van der Waals surface area contributed by atoms with Crippen molar-refractivity contribution in [1.82, 2.24) is 0 Å². The van der Waals surface area contributed by atoms with Crippen LogP contribution < -0.4 is 14.4 Å². The molecule has 2 rings (SSSR count). The Balaban J connectivity index is 1.99. The predicted molar refractivity (Wildman–Crippen MR) is 98.9 cm³/mol. The Morgan fingerprint density at radius 1 is 1.08 bits per heavy atom. The van der Waals surface area contributed by atoms with Crippen LogP contribution in [0.3, 0.4) is 0 Å². The molecular weight excluding hydrogens is 334 g/mol. The standard InChI is InChI=1S/C20H23NO5/c1-14(2)26-18-6-4-5-15(11-18)12-19(22)21(3)16-7-9-17(10-8-16)25-13-20(23)24/h4-11,14H,12-13H2,1-3H3,(H,23,24). The van der Waals surface area contributed by atoms with Gasteiger partial charge in [-0.05, 0) is 55.8 Å². The first kappa shape index (κ1) is 19.3. The summed E-state index contributed by atoms with van der Waals surface area (Å²) in [5.74, 6) is 0.0827. The van der Waals surface area contributed by atoms with Gasteiger partial charge in [0.05, 0.1) is 12.5 Å². The molecule has 0 aliphatic carbocycles. The van der Waals surface area contributed by atoms with Gasteiger partial charge in [-0.1, -0.05) is 12.1 Å². The second-order valence-corrected chi connectivity index (χ2v) is 6.12. The van der Waals surface area contributed by atoms with Gasteiger partial charge in [0.25, 0.3) is 0 Å². The quantitative estimate of drug-likeness (QED) is 0.785. The zero-order valence-corrected chi connectivity index (χ0v) is 15.1. The van der Waals surface area contributed by atoms with Crippen LogP contribution in [0.25, 0.3) is 0 Å². The Kier molecular flexibility index (Phi) is 6.60. The Bertz CT molecular complexity index is 755. The van der Waals surface area contributed by atoms with E-state index in [0.717, 1.165) is 11.3 Å². The number of likely N-dealkylation sites (N-methyl/N-ethyl adjacent to an activating group) is 1. The van der Waals surface area contributed by atoms with Gasteiger partial charge in [0, 0.05) is 12.7 Å². The number of carboxylic acid groups (broad SMARTS) is 1. The molecule has 0 spiro atoms. The van der Waals surface area contributed by atoms with Gasteiger partial charge in [-0.25, -0.2) is 4.79 Å². The fourth-order valence-electron chi connectivity index (χ4n) is 2.35. The molecule has 0 unspecified atom stereocenters. The molecule has 0 fully saturated rings. The Hall–Kier alpha value is -3.02. The number of rotatable bonds is 8. The van der Waals surface area contributed by atoms with Crippen LogP contribution in [0.4, 0.5) is 5.69 Å². The van der Waals surface area contributed by atoms with E-state index in [1.807, 2.05) is 38.1 Å². The van der Waals surface area contributed by atoms with Crippen molar-refractivity contribution in [2.45, 2.75) is 26.4 Å². The van der Waals surface area contributed by atoms with Crippen LogP contribution in [0.2, 0.25) is 0 Å². The zero-order chi connectivity index (χ0) is 19.1. The zero-order valence-electron chi connectivity index (χ0n) is 15.1. The fourth-order valence-corrected chi connectivity index (χ4v) is 2.35. The summed E-state index contributed by atoms with van der Waals surface area (Å²) >= 11 is 0. The van der Waals surface area contributed by atoms with Gasteiger partial charge in [-0.15, -0.1) is 0 Å². The summed E-state index contributed by atoms with van der Waals surface area (Å²) in [5, 5.41) is 8.61. The third-order valence-corrected chi connectivity index (χ3v) is 3.59. The number of hydrogen-bond acceptors (Lipinski definition) is 4. The molecule has 138 valence electrons. The van der Waals surface area contributed by atoms with Gasteiger partial charge in [0.1, 0.15) is 11.5 Å². The summed E-state index contributed by atoms with van der Waals surface area (Å²) in [7, 11) is 1.70. The van der Waals surface area contributed by atoms with E-state index in [1.54, 1.807) is 36.2 Å². The summed E-state index contributed by atoms with van der Waals surface area (Å²) in [5.41, 5.74) is 1.58. The van der Waals surface area contributed by atoms with E-state index < -0.39 is 12.6 Å². The van der Waals surface area contributed by atoms with Crippen LogP contribution in [0, 0.1) is 0 Å². The van der Waals surface area contributed by atoms with Crippen molar-refractivity contribution < 1.29 is 24.2 Å². The maximum Gasteiger partial charge on any atom is 0.341 e. The van der Waals surface area contributed by atoms with E-state index in [4.69, 9.17) is 14.6 Å². The van der Waals surface area contributed by atoms with Gasteiger partial charge >= 0.3 is 5.97 Å². The van der Waals surface area contributed by atoms with Crippen LogP contribution in [-0.4, -0.2) is 36.7 Å². The van der Waals surface area contributed by atoms with E-state index in [2.05, 4.69) is 0 Å². The molecule has 0 aliphatic rings. The van der Waals surface area contributed by atoms with Crippen molar-refractivity contribution in [3.05, 3.63) is 54.1 Å². The highest BCUT2D eigenvalue weighted by atomic mass is 16.5. The molecule has 0 heterocycles. The highest BCUT2D eigenvalue weighted by Crippen LogP contribution is 2.20. The summed E-state index contributed by atoms with van der Waals surface area (Å²) < 4.78 is 10.7. The normalized spacial score (nSPS) is 10.5. The smallest absolute Gasteiger partial charge is 0.341 e. The van der Waals surface area contributed by atoms with E-state index in [9.17, 15) is 9.59 Å². The fraction of sp³-hybridized carbons (Fsp3) is 0.300. The van der Waals surface area contributed by atoms with Gasteiger partial charge in [0.2, 0.25) is 5.91 Å². The number of aliphatic carboxylic acids is 1. The van der Waals surface area contributed by atoms with Gasteiger partial charge < -0.3 is 19.5 Å². The number of ether oxygens (including phenoxy) is 2. The summed E-state index contributed by atoms with van der Waals surface area (Å²) in [6.07, 6.45) is 0.328. The Labute approximate surface area is 153 Å². The molecule has 0 bridgehead atoms. The van der Waals surface area contributed by atoms with Crippen molar-refractivity contribution >= 4 is 17.6 Å². The van der Waals surface area contributed by atoms with E-state index in [0.29, 0.717) is 11.4 Å². The lowest BCUT2D eigenvalue weighted by molar-refractivity contribution is -0.139. The first-order chi connectivity index (χ1) is 12.3. The monoisotopic (exact) mass is 357 g/mol. The molecule has 0 aliphatic heterocycles. The van der Waals surface area contributed by atoms with Crippen LogP contribution in [0.15, 0.2) is 48.5 Å². The lowest BCUT2D eigenvalue weighted by Crippen LogP contribution is -2.27. The minimum Gasteiger partial charge on any atom is -0.491 e. The molecule has 6 nitrogen and oxygen atoms in total. The molecule has 26 heavy (non-hydrogen) atoms. The van der Waals surface area contributed by atoms with E-state index in [1.165, 1.54) is 0 Å². The van der Waals surface area contributed by atoms with Crippen LogP contribution in [0.1, 0.15) is 19.4 Å². The molecule has 0 saturated heterocycles. The first-order valence-electron chi connectivity index (χ1n) is 8.32. The minimum atomic E-state index is -1.04. The molecule has 2 aromatic carbocycles. The molecule has 0 saturated carbocycles. The Morgan fingerprint density at radius 3 is 2.38 bits per heavy atom. The molecule has 2 aromatic rings. The largest absolute Gasteiger partial charge is 0.491 e. The van der Waals surface area contributed by atoms with Crippen molar-refractivity contribution in [1.29, 1.82) is 0 Å². The molecule has 0 atom stereocenters. The molecule has 0 aromatic heterocycles. The number of carboxylic acids is 1. The highest BCUT2D eigenvalue weighted by molar-refractivity contribution is 5.94. The summed E-state index contributed by atoms with van der Waals surface area (Å²) in [6, 6.07) is 14.2. The lowest BCUT2D eigenvalue weighted by Gasteiger charge is -2.18. The predicted octanol–water partition coefficient (Wildman–Crippen LogP) is 3.14. The van der Waals surface area contributed by atoms with Crippen LogP contribution >= 0.6 is 0 Å². The number of benzene rings is 2. The highest BCUT2D eigenvalue weighted by Gasteiger charge is 2.13. The third kappa shape index (κ3) is 5.81. The maximum absolute atomic E-state index is 12.5. The number of anilines is 1. The number of nitrogens with zero attached hydrogens (tertiary/aromatic N) is 1. The van der Waals surface area contributed by atoms with Crippen molar-refractivity contribution in [2.75, 3.05) is 18.6 Å². The molecule has 1 amide bonds. The molecule has 0 radical (unpaired) electrons. The first-order valence-corrected chi connectivity index (χ1v) is 8.32. The topological polar surface area (TPSA) is 76.1 Å². The number of hydrogen-bond donors (Lipinski definition) is 1. The third-order valence-electron chi connectivity index (χ3n) is 3.59. The van der Waals surface area contributed by atoms with Crippen LogP contribution in [-0.2, 0) is 16.0 Å². The number of amides is 1. The molecule has 6 heteroatoms. The van der Waals surface area contributed by atoms with Crippen LogP contribution in [0.5, 0.6) is 11.5 Å². The Morgan fingerprint density at radius 2 is 1.77 bits per heavy atom. The maximum atomic E-state index is 12.5. The summed E-state index contributed by atoms with van der Waals surface area (Å²) in [6.45, 7) is 3.51. The van der Waals surface area contributed by atoms with Gasteiger partial charge in [-0.3, -0.25) is 4.79 Å².